The van der Waals surface area contributed by atoms with Crippen molar-refractivity contribution >= 4 is 92.0 Å². The Balaban J connectivity index is -0.0000000161. The van der Waals surface area contributed by atoms with E-state index >= 15 is 0 Å². The zero-order valence-electron chi connectivity index (χ0n) is 11.2. The van der Waals surface area contributed by atoms with E-state index in [9.17, 15) is 0 Å². The average molecular weight is 607 g/mol. The summed E-state index contributed by atoms with van der Waals surface area (Å²) in [7, 11) is -18.1. The van der Waals surface area contributed by atoms with Gasteiger partial charge in [-0.3, -0.25) is 0 Å². The Labute approximate surface area is 224 Å². The van der Waals surface area contributed by atoms with Crippen LogP contribution < -0.4 is 48.0 Å². The molecule has 120 valence electrons. The van der Waals surface area contributed by atoms with Crippen LogP contribution in [0.1, 0.15) is 0 Å². The van der Waals surface area contributed by atoms with Crippen molar-refractivity contribution in [3.8, 4) is 0 Å². The SMILES string of the molecule is O=[Si]([O-])[O-].O=[Si]([O-])[O-].O=[Si]([O-])[O-].O=[Si]([O-])[O-].O=[Si]([O-])[O-].[Mg+2].[Mg+2].[Y+3].[Y+3]. The molecule has 0 aromatic rings. The second-order valence-electron chi connectivity index (χ2n) is 1.25. The normalized spacial score (nSPS) is 5.00. The molecule has 0 aliphatic carbocycles. The standard InChI is InChI=1S/2Mg.5O3Si.2Y/c;;5*1-4(2)3;;/q2*+2;5*-2;2*+3. The zero-order valence-corrected chi connectivity index (χ0v) is 24.7. The molecule has 0 bridgehead atoms. The van der Waals surface area contributed by atoms with Gasteiger partial charge in [0.15, 0.2) is 0 Å². The largest absolute Gasteiger partial charge is 3.00 e. The van der Waals surface area contributed by atoms with E-state index in [0.717, 1.165) is 0 Å². The van der Waals surface area contributed by atoms with Gasteiger partial charge in [0, 0.05) is 45.9 Å². The Hall–Kier alpha value is 1.82. The third-order valence-corrected chi connectivity index (χ3v) is 0. The second kappa shape index (κ2) is 49.8. The molecule has 0 atom stereocenters. The van der Waals surface area contributed by atoms with Crippen molar-refractivity contribution in [2.24, 2.45) is 0 Å². The van der Waals surface area contributed by atoms with Crippen molar-refractivity contribution in [2.45, 2.75) is 0 Å². The summed E-state index contributed by atoms with van der Waals surface area (Å²) in [5.74, 6) is 0. The average Bonchev–Trinajstić information content (AvgIpc) is 1.94. The third kappa shape index (κ3) is 3730. The number of hydrogen-bond acceptors (Lipinski definition) is 15. The Morgan fingerprint density at radius 3 is 0.333 bits per heavy atom. The molecule has 0 heterocycles. The van der Waals surface area contributed by atoms with Gasteiger partial charge in [0.05, 0.1) is 0 Å². The minimum atomic E-state index is -3.63. The van der Waals surface area contributed by atoms with Gasteiger partial charge in [-0.05, 0) is 0 Å². The van der Waals surface area contributed by atoms with Gasteiger partial charge in [-0.15, -0.1) is 0 Å². The van der Waals surface area contributed by atoms with Crippen LogP contribution in [0.3, 0.4) is 0 Å². The maximum atomic E-state index is 8.52. The molecule has 0 unspecified atom stereocenters. The van der Waals surface area contributed by atoms with Crippen LogP contribution in [0.4, 0.5) is 0 Å². The fourth-order valence-electron chi connectivity index (χ4n) is 0. The molecule has 0 aliphatic heterocycles. The third-order valence-electron chi connectivity index (χ3n) is 0. The van der Waals surface area contributed by atoms with Gasteiger partial charge in [-0.1, -0.05) is 0 Å². The summed E-state index contributed by atoms with van der Waals surface area (Å²) in [6, 6.07) is 0. The van der Waals surface area contributed by atoms with Gasteiger partial charge in [-0.2, -0.15) is 0 Å². The summed E-state index contributed by atoms with van der Waals surface area (Å²) in [6.07, 6.45) is 0. The van der Waals surface area contributed by atoms with Gasteiger partial charge in [0.1, 0.15) is 0 Å². The minimum Gasteiger partial charge on any atom is -0.672 e. The van der Waals surface area contributed by atoms with Gasteiger partial charge in [-0.25, -0.2) is 0 Å². The Kier molecular flexibility index (Phi) is 117. The van der Waals surface area contributed by atoms with Crippen LogP contribution in [-0.4, -0.2) is 92.0 Å². The van der Waals surface area contributed by atoms with Crippen molar-refractivity contribution < 1.29 is 136 Å². The quantitative estimate of drug-likeness (QED) is 0.231. The first-order valence-electron chi connectivity index (χ1n) is 3.06. The minimum absolute atomic E-state index is 0. The van der Waals surface area contributed by atoms with Crippen LogP contribution in [0.5, 0.6) is 0 Å². The fraction of sp³-hybridized carbons (Fsp3) is 0. The molecule has 0 N–H and O–H groups in total. The molecule has 24 heavy (non-hydrogen) atoms. The van der Waals surface area contributed by atoms with E-state index in [4.69, 9.17) is 70.3 Å². The number of rotatable bonds is 0. The fourth-order valence-corrected chi connectivity index (χ4v) is 0. The summed E-state index contributed by atoms with van der Waals surface area (Å²) >= 11 is 0. The smallest absolute Gasteiger partial charge is 0.672 e. The van der Waals surface area contributed by atoms with E-state index in [2.05, 4.69) is 0 Å². The van der Waals surface area contributed by atoms with Crippen molar-refractivity contribution in [1.29, 1.82) is 0 Å². The van der Waals surface area contributed by atoms with Crippen LogP contribution in [-0.2, 0) is 87.7 Å². The molecule has 24 heteroatoms. The Morgan fingerprint density at radius 2 is 0.333 bits per heavy atom. The maximum Gasteiger partial charge on any atom is 3.00 e. The summed E-state index contributed by atoms with van der Waals surface area (Å²) in [4.78, 5) is 85.2. The molecule has 0 radical (unpaired) electrons. The summed E-state index contributed by atoms with van der Waals surface area (Å²) in [6.45, 7) is 0. The van der Waals surface area contributed by atoms with Gasteiger partial charge in [0.2, 0.25) is 0 Å². The van der Waals surface area contributed by atoms with E-state index in [1.807, 2.05) is 0 Å². The van der Waals surface area contributed by atoms with Crippen LogP contribution >= 0.6 is 0 Å². The zero-order chi connectivity index (χ0) is 17.9. The first kappa shape index (κ1) is 56.2. The van der Waals surface area contributed by atoms with Crippen LogP contribution in [0.15, 0.2) is 0 Å². The summed E-state index contributed by atoms with van der Waals surface area (Å²) in [5.41, 5.74) is 0. The summed E-state index contributed by atoms with van der Waals surface area (Å²) < 4.78 is 42.6. The van der Waals surface area contributed by atoms with E-state index < -0.39 is 45.9 Å². The van der Waals surface area contributed by atoms with Crippen LogP contribution in [0.2, 0.25) is 0 Å². The molecular weight excluding hydrogens is 607 g/mol. The van der Waals surface area contributed by atoms with Gasteiger partial charge < -0.3 is 70.3 Å². The molecule has 0 amide bonds. The van der Waals surface area contributed by atoms with Crippen molar-refractivity contribution in [1.82, 2.24) is 0 Å². The molecule has 0 saturated carbocycles. The first-order chi connectivity index (χ1) is 8.66. The molecule has 0 aliphatic rings. The van der Waals surface area contributed by atoms with Crippen molar-refractivity contribution in [2.75, 3.05) is 0 Å². The van der Waals surface area contributed by atoms with Crippen LogP contribution in [0.25, 0.3) is 0 Å². The Morgan fingerprint density at radius 1 is 0.333 bits per heavy atom. The van der Waals surface area contributed by atoms with Crippen molar-refractivity contribution in [3.05, 3.63) is 0 Å². The number of hydrogen-bond donors (Lipinski definition) is 0. The molecule has 0 spiro atoms. The second-order valence-corrected chi connectivity index (χ2v) is 3.75. The van der Waals surface area contributed by atoms with E-state index in [0.29, 0.717) is 0 Å². The van der Waals surface area contributed by atoms with E-state index in [1.165, 1.54) is 0 Å². The van der Waals surface area contributed by atoms with Crippen molar-refractivity contribution in [3.63, 3.8) is 0 Å². The first-order valence-corrected chi connectivity index (χ1v) is 9.19. The molecule has 0 saturated heterocycles. The molecule has 15 nitrogen and oxygen atoms in total. The van der Waals surface area contributed by atoms with Gasteiger partial charge >= 0.3 is 112 Å². The van der Waals surface area contributed by atoms with Crippen LogP contribution in [0, 0.1) is 0 Å². The predicted molar refractivity (Wildman–Crippen MR) is 43.7 cm³/mol. The maximum absolute atomic E-state index is 8.52. The summed E-state index contributed by atoms with van der Waals surface area (Å²) in [5, 5.41) is 0. The molecular formula is Mg2O15Si5Y2. The molecule has 0 fully saturated rings. The van der Waals surface area contributed by atoms with Gasteiger partial charge in [0.25, 0.3) is 0 Å². The van der Waals surface area contributed by atoms with E-state index in [1.54, 1.807) is 0 Å². The molecule has 0 rings (SSSR count). The molecule has 0 aromatic carbocycles. The Bertz CT molecular complexity index is 221. The topological polar surface area (TPSA) is 316 Å². The monoisotopic (exact) mass is 606 g/mol. The molecule has 0 aromatic heterocycles. The predicted octanol–water partition coefficient (Wildman–Crippen LogP) is -15.2. The van der Waals surface area contributed by atoms with E-state index in [-0.39, 0.29) is 112 Å².